The number of benzene rings is 3. The van der Waals surface area contributed by atoms with Crippen LogP contribution < -0.4 is 4.74 Å². The molecule has 24 heavy (non-hydrogen) atoms. The molecule has 0 amide bonds. The third-order valence-electron chi connectivity index (χ3n) is 4.01. The first-order valence-corrected chi connectivity index (χ1v) is 7.89. The lowest BCUT2D eigenvalue weighted by atomic mass is 10.1. The minimum atomic E-state index is 0.559. The van der Waals surface area contributed by atoms with Crippen molar-refractivity contribution in [1.29, 1.82) is 0 Å². The number of nitrogens with zero attached hydrogens (tertiary/aromatic N) is 3. The number of fused-ring (bicyclic) bond motifs is 1. The van der Waals surface area contributed by atoms with E-state index in [0.29, 0.717) is 13.2 Å². The van der Waals surface area contributed by atoms with Crippen LogP contribution in [0.4, 0.5) is 0 Å². The highest BCUT2D eigenvalue weighted by Gasteiger charge is 2.02. The molecule has 4 rings (SSSR count). The molecule has 0 unspecified atom stereocenters. The van der Waals surface area contributed by atoms with E-state index in [1.54, 1.807) is 17.3 Å². The first-order chi connectivity index (χ1) is 11.9. The fourth-order valence-electron chi connectivity index (χ4n) is 2.77. The number of rotatable bonds is 5. The summed E-state index contributed by atoms with van der Waals surface area (Å²) in [5.74, 6) is 0.866. The van der Waals surface area contributed by atoms with Crippen LogP contribution >= 0.6 is 0 Å². The Morgan fingerprint density at radius 2 is 1.71 bits per heavy atom. The van der Waals surface area contributed by atoms with Crippen LogP contribution in [-0.2, 0) is 13.2 Å². The summed E-state index contributed by atoms with van der Waals surface area (Å²) in [4.78, 5) is 3.95. The van der Waals surface area contributed by atoms with Gasteiger partial charge in [0.1, 0.15) is 25.0 Å². The van der Waals surface area contributed by atoms with Gasteiger partial charge in [-0.05, 0) is 34.0 Å². The lowest BCUT2D eigenvalue weighted by molar-refractivity contribution is 0.307. The molecule has 1 aromatic heterocycles. The van der Waals surface area contributed by atoms with Crippen molar-refractivity contribution in [2.45, 2.75) is 13.2 Å². The normalized spacial score (nSPS) is 10.8. The van der Waals surface area contributed by atoms with Gasteiger partial charge in [-0.25, -0.2) is 9.67 Å². The van der Waals surface area contributed by atoms with E-state index in [-0.39, 0.29) is 0 Å². The van der Waals surface area contributed by atoms with Gasteiger partial charge in [0.15, 0.2) is 0 Å². The maximum absolute atomic E-state index is 5.96. The third-order valence-corrected chi connectivity index (χ3v) is 4.01. The molecule has 0 bridgehead atoms. The average Bonchev–Trinajstić information content (AvgIpc) is 3.14. The zero-order valence-corrected chi connectivity index (χ0v) is 13.2. The Morgan fingerprint density at radius 1 is 0.875 bits per heavy atom. The fraction of sp³-hybridized carbons (Fsp3) is 0.100. The van der Waals surface area contributed by atoms with E-state index in [4.69, 9.17) is 4.74 Å². The Morgan fingerprint density at radius 3 is 2.54 bits per heavy atom. The molecular formula is C20H17N3O. The van der Waals surface area contributed by atoms with Crippen molar-refractivity contribution in [3.63, 3.8) is 0 Å². The molecule has 118 valence electrons. The molecule has 0 aliphatic carbocycles. The van der Waals surface area contributed by atoms with Crippen LogP contribution in [-0.4, -0.2) is 14.8 Å². The first-order valence-electron chi connectivity index (χ1n) is 7.89. The molecule has 0 spiro atoms. The van der Waals surface area contributed by atoms with Crippen molar-refractivity contribution in [3.8, 4) is 5.75 Å². The molecule has 4 heteroatoms. The van der Waals surface area contributed by atoms with Crippen LogP contribution in [0.15, 0.2) is 79.4 Å². The minimum Gasteiger partial charge on any atom is -0.489 e. The highest BCUT2D eigenvalue weighted by molar-refractivity contribution is 5.85. The second kappa shape index (κ2) is 6.54. The Labute approximate surface area is 140 Å². The maximum Gasteiger partial charge on any atom is 0.137 e. The summed E-state index contributed by atoms with van der Waals surface area (Å²) in [5.41, 5.74) is 2.36. The lowest BCUT2D eigenvalue weighted by Crippen LogP contribution is -2.00. The Balaban J connectivity index is 1.45. The molecule has 0 fully saturated rings. The van der Waals surface area contributed by atoms with Gasteiger partial charge >= 0.3 is 0 Å². The highest BCUT2D eigenvalue weighted by atomic mass is 16.5. The number of hydrogen-bond donors (Lipinski definition) is 0. The molecule has 0 N–H and O–H groups in total. The smallest absolute Gasteiger partial charge is 0.137 e. The van der Waals surface area contributed by atoms with E-state index in [1.807, 2.05) is 12.1 Å². The number of ether oxygens (including phenoxy) is 1. The van der Waals surface area contributed by atoms with Crippen LogP contribution in [0.25, 0.3) is 10.8 Å². The molecule has 0 aliphatic rings. The second-order valence-electron chi connectivity index (χ2n) is 5.66. The fourth-order valence-corrected chi connectivity index (χ4v) is 2.77. The van der Waals surface area contributed by atoms with Gasteiger partial charge in [-0.2, -0.15) is 5.10 Å². The standard InChI is InChI=1S/C20H17N3O/c1-2-7-20-17(4-1)5-3-6-18(20)13-24-19-10-8-16(9-11-19)12-23-15-21-14-22-23/h1-11,14-15H,12-13H2. The van der Waals surface area contributed by atoms with Crippen LogP contribution in [0, 0.1) is 0 Å². The van der Waals surface area contributed by atoms with E-state index in [2.05, 4.69) is 64.7 Å². The molecule has 1 heterocycles. The molecule has 4 nitrogen and oxygen atoms in total. The van der Waals surface area contributed by atoms with Gasteiger partial charge in [0.25, 0.3) is 0 Å². The lowest BCUT2D eigenvalue weighted by Gasteiger charge is -2.10. The summed E-state index contributed by atoms with van der Waals surface area (Å²) in [5, 5.41) is 6.59. The predicted octanol–water partition coefficient (Wildman–Crippen LogP) is 4.06. The summed E-state index contributed by atoms with van der Waals surface area (Å²) >= 11 is 0. The van der Waals surface area contributed by atoms with E-state index in [9.17, 15) is 0 Å². The average molecular weight is 315 g/mol. The van der Waals surface area contributed by atoms with Gasteiger partial charge in [0.2, 0.25) is 0 Å². The van der Waals surface area contributed by atoms with Crippen LogP contribution in [0.3, 0.4) is 0 Å². The zero-order valence-electron chi connectivity index (χ0n) is 13.2. The largest absolute Gasteiger partial charge is 0.489 e. The van der Waals surface area contributed by atoms with Gasteiger partial charge in [-0.1, -0.05) is 54.6 Å². The molecular weight excluding hydrogens is 298 g/mol. The van der Waals surface area contributed by atoms with Crippen molar-refractivity contribution in [3.05, 3.63) is 90.5 Å². The van der Waals surface area contributed by atoms with Crippen molar-refractivity contribution in [2.75, 3.05) is 0 Å². The van der Waals surface area contributed by atoms with Crippen molar-refractivity contribution >= 4 is 10.8 Å². The van der Waals surface area contributed by atoms with Crippen molar-refractivity contribution in [2.24, 2.45) is 0 Å². The second-order valence-corrected chi connectivity index (χ2v) is 5.66. The maximum atomic E-state index is 5.96. The number of hydrogen-bond acceptors (Lipinski definition) is 3. The van der Waals surface area contributed by atoms with Crippen LogP contribution in [0.2, 0.25) is 0 Å². The van der Waals surface area contributed by atoms with E-state index in [0.717, 1.165) is 11.3 Å². The molecule has 0 saturated carbocycles. The van der Waals surface area contributed by atoms with Crippen molar-refractivity contribution in [1.82, 2.24) is 14.8 Å². The summed E-state index contributed by atoms with van der Waals surface area (Å²) in [6.45, 7) is 1.27. The van der Waals surface area contributed by atoms with Crippen LogP contribution in [0.5, 0.6) is 5.75 Å². The Hall–Kier alpha value is -3.14. The van der Waals surface area contributed by atoms with Gasteiger partial charge in [-0.15, -0.1) is 0 Å². The van der Waals surface area contributed by atoms with Gasteiger partial charge in [0, 0.05) is 0 Å². The zero-order chi connectivity index (χ0) is 16.2. The van der Waals surface area contributed by atoms with E-state index in [1.165, 1.54) is 16.3 Å². The SMILES string of the molecule is c1ccc2c(COc3ccc(Cn4cncn4)cc3)cccc2c1. The monoisotopic (exact) mass is 315 g/mol. The van der Waals surface area contributed by atoms with Gasteiger partial charge in [-0.3, -0.25) is 0 Å². The molecule has 4 aromatic rings. The van der Waals surface area contributed by atoms with E-state index >= 15 is 0 Å². The predicted molar refractivity (Wildman–Crippen MR) is 93.8 cm³/mol. The molecule has 0 atom stereocenters. The summed E-state index contributed by atoms with van der Waals surface area (Å²) in [7, 11) is 0. The van der Waals surface area contributed by atoms with Gasteiger partial charge < -0.3 is 4.74 Å². The minimum absolute atomic E-state index is 0.559. The van der Waals surface area contributed by atoms with Crippen molar-refractivity contribution < 1.29 is 4.74 Å². The van der Waals surface area contributed by atoms with E-state index < -0.39 is 0 Å². The topological polar surface area (TPSA) is 39.9 Å². The molecule has 0 saturated heterocycles. The first kappa shape index (κ1) is 14.5. The summed E-state index contributed by atoms with van der Waals surface area (Å²) < 4.78 is 7.75. The summed E-state index contributed by atoms with van der Waals surface area (Å²) in [6, 6.07) is 22.8. The Kier molecular flexibility index (Phi) is 3.94. The van der Waals surface area contributed by atoms with Gasteiger partial charge in [0.05, 0.1) is 6.54 Å². The summed E-state index contributed by atoms with van der Waals surface area (Å²) in [6.07, 6.45) is 3.26. The Bertz CT molecular complexity index is 925. The van der Waals surface area contributed by atoms with Crippen LogP contribution in [0.1, 0.15) is 11.1 Å². The molecule has 0 radical (unpaired) electrons. The highest BCUT2D eigenvalue weighted by Crippen LogP contribution is 2.21. The molecule has 3 aromatic carbocycles. The third kappa shape index (κ3) is 3.13. The quantitative estimate of drug-likeness (QED) is 0.557. The molecule has 0 aliphatic heterocycles. The number of aromatic nitrogens is 3.